The lowest BCUT2D eigenvalue weighted by Gasteiger charge is -2.31. The fraction of sp³-hybridized carbons (Fsp3) is 0.867. The van der Waals surface area contributed by atoms with E-state index in [4.69, 9.17) is 4.74 Å². The van der Waals surface area contributed by atoms with Crippen molar-refractivity contribution in [2.24, 2.45) is 11.3 Å². The van der Waals surface area contributed by atoms with Gasteiger partial charge in [0.1, 0.15) is 12.2 Å². The van der Waals surface area contributed by atoms with Gasteiger partial charge in [-0.25, -0.2) is 4.98 Å². The second kappa shape index (κ2) is 8.37. The second-order valence-corrected chi connectivity index (χ2v) is 6.36. The molecule has 0 bridgehead atoms. The van der Waals surface area contributed by atoms with Crippen molar-refractivity contribution >= 4 is 0 Å². The molecule has 0 aromatic carbocycles. The van der Waals surface area contributed by atoms with Crippen LogP contribution >= 0.6 is 0 Å². The molecule has 0 fully saturated rings. The van der Waals surface area contributed by atoms with E-state index in [-0.39, 0.29) is 5.41 Å². The van der Waals surface area contributed by atoms with Crippen LogP contribution in [0.15, 0.2) is 6.33 Å². The van der Waals surface area contributed by atoms with Crippen molar-refractivity contribution in [1.29, 1.82) is 0 Å². The number of nitrogens with one attached hydrogen (secondary N) is 1. The Bertz CT molecular complexity index is 370. The van der Waals surface area contributed by atoms with Crippen molar-refractivity contribution in [2.45, 2.75) is 47.1 Å². The largest absolute Gasteiger partial charge is 0.383 e. The van der Waals surface area contributed by atoms with E-state index in [9.17, 15) is 0 Å². The van der Waals surface area contributed by atoms with Crippen molar-refractivity contribution < 1.29 is 4.74 Å². The summed E-state index contributed by atoms with van der Waals surface area (Å²) in [4.78, 5) is 4.43. The Balaban J connectivity index is 2.62. The maximum atomic E-state index is 5.08. The highest BCUT2D eigenvalue weighted by Gasteiger charge is 2.26. The zero-order valence-electron chi connectivity index (χ0n) is 13.6. The zero-order valence-corrected chi connectivity index (χ0v) is 13.6. The van der Waals surface area contributed by atoms with Crippen molar-refractivity contribution in [1.82, 2.24) is 20.1 Å². The Kier molecular flexibility index (Phi) is 7.16. The lowest BCUT2D eigenvalue weighted by molar-refractivity contribution is 0.185. The highest BCUT2D eigenvalue weighted by Crippen LogP contribution is 2.28. The topological polar surface area (TPSA) is 52.0 Å². The molecule has 1 aromatic heterocycles. The minimum Gasteiger partial charge on any atom is -0.383 e. The molecule has 1 atom stereocenters. The van der Waals surface area contributed by atoms with Gasteiger partial charge in [0, 0.05) is 26.6 Å². The van der Waals surface area contributed by atoms with Crippen LogP contribution in [-0.4, -0.2) is 41.6 Å². The smallest absolute Gasteiger partial charge is 0.138 e. The number of hydrogen-bond donors (Lipinski definition) is 1. The number of nitrogens with zero attached hydrogens (tertiary/aromatic N) is 3. The number of rotatable bonds is 9. The quantitative estimate of drug-likeness (QED) is 0.705. The van der Waals surface area contributed by atoms with Gasteiger partial charge >= 0.3 is 0 Å². The monoisotopic (exact) mass is 282 g/mol. The van der Waals surface area contributed by atoms with E-state index >= 15 is 0 Å². The predicted octanol–water partition coefficient (Wildman–Crippen LogP) is 2.13. The maximum absolute atomic E-state index is 5.08. The summed E-state index contributed by atoms with van der Waals surface area (Å²) in [6, 6.07) is 0. The van der Waals surface area contributed by atoms with Gasteiger partial charge < -0.3 is 10.1 Å². The third-order valence-corrected chi connectivity index (χ3v) is 3.66. The molecule has 1 aromatic rings. The molecule has 1 N–H and O–H groups in total. The maximum Gasteiger partial charge on any atom is 0.138 e. The highest BCUT2D eigenvalue weighted by molar-refractivity contribution is 4.91. The third-order valence-electron chi connectivity index (χ3n) is 3.66. The summed E-state index contributed by atoms with van der Waals surface area (Å²) in [5, 5.41) is 7.79. The molecule has 0 aliphatic carbocycles. The molecule has 0 saturated carbocycles. The van der Waals surface area contributed by atoms with Gasteiger partial charge in [0.2, 0.25) is 0 Å². The Morgan fingerprint density at radius 1 is 1.40 bits per heavy atom. The van der Waals surface area contributed by atoms with Gasteiger partial charge in [0.05, 0.1) is 6.61 Å². The van der Waals surface area contributed by atoms with Crippen molar-refractivity contribution in [3.8, 4) is 0 Å². The highest BCUT2D eigenvalue weighted by atomic mass is 16.5. The van der Waals surface area contributed by atoms with Crippen molar-refractivity contribution in [2.75, 3.05) is 26.8 Å². The first-order valence-electron chi connectivity index (χ1n) is 7.55. The number of aromatic nitrogens is 3. The lowest BCUT2D eigenvalue weighted by Crippen LogP contribution is -2.35. The molecule has 0 saturated heterocycles. The molecule has 5 heteroatoms. The molecular weight excluding hydrogens is 252 g/mol. The van der Waals surface area contributed by atoms with E-state index in [0.29, 0.717) is 5.92 Å². The average Bonchev–Trinajstić information content (AvgIpc) is 2.80. The minimum atomic E-state index is 0.239. The second-order valence-electron chi connectivity index (χ2n) is 6.36. The van der Waals surface area contributed by atoms with Crippen LogP contribution in [0.25, 0.3) is 0 Å². The molecule has 0 spiro atoms. The summed E-state index contributed by atoms with van der Waals surface area (Å²) >= 11 is 0. The summed E-state index contributed by atoms with van der Waals surface area (Å²) in [7, 11) is 1.73. The van der Waals surface area contributed by atoms with Crippen LogP contribution in [0.4, 0.5) is 0 Å². The predicted molar refractivity (Wildman–Crippen MR) is 81.7 cm³/mol. The molecule has 5 nitrogen and oxygen atoms in total. The van der Waals surface area contributed by atoms with Crippen LogP contribution in [0.1, 0.15) is 39.9 Å². The van der Waals surface area contributed by atoms with Gasteiger partial charge in [0.25, 0.3) is 0 Å². The van der Waals surface area contributed by atoms with Crippen LogP contribution < -0.4 is 5.32 Å². The van der Waals surface area contributed by atoms with E-state index in [1.807, 2.05) is 4.68 Å². The number of ether oxygens (including phenoxy) is 1. The minimum absolute atomic E-state index is 0.239. The summed E-state index contributed by atoms with van der Waals surface area (Å²) < 4.78 is 7.11. The number of aryl methyl sites for hydroxylation is 1. The molecule has 0 amide bonds. The van der Waals surface area contributed by atoms with E-state index in [0.717, 1.165) is 44.9 Å². The zero-order chi connectivity index (χ0) is 15.0. The molecule has 0 aliphatic rings. The Hall–Kier alpha value is -0.940. The van der Waals surface area contributed by atoms with Crippen LogP contribution in [0.5, 0.6) is 0 Å². The Morgan fingerprint density at radius 3 is 2.75 bits per heavy atom. The molecule has 20 heavy (non-hydrogen) atoms. The van der Waals surface area contributed by atoms with Gasteiger partial charge in [-0.1, -0.05) is 27.7 Å². The van der Waals surface area contributed by atoms with E-state index < -0.39 is 0 Å². The fourth-order valence-electron chi connectivity index (χ4n) is 2.20. The van der Waals surface area contributed by atoms with E-state index in [2.05, 4.69) is 43.1 Å². The molecular formula is C15H30N4O. The van der Waals surface area contributed by atoms with Crippen molar-refractivity contribution in [3.63, 3.8) is 0 Å². The fourth-order valence-corrected chi connectivity index (χ4v) is 2.20. The molecule has 1 heterocycles. The lowest BCUT2D eigenvalue weighted by atomic mass is 9.78. The molecule has 116 valence electrons. The summed E-state index contributed by atoms with van der Waals surface area (Å²) in [6.07, 6.45) is 3.72. The van der Waals surface area contributed by atoms with E-state index in [1.165, 1.54) is 0 Å². The normalized spacial score (nSPS) is 13.7. The number of methoxy groups -OCH3 is 1. The van der Waals surface area contributed by atoms with Gasteiger partial charge in [-0.2, -0.15) is 5.10 Å². The average molecular weight is 282 g/mol. The Morgan fingerprint density at radius 2 is 2.15 bits per heavy atom. The Labute approximate surface area is 123 Å². The number of hydrogen-bond acceptors (Lipinski definition) is 4. The SMILES string of the molecule is CCCn1ncnc1CC(CNCCOC)C(C)(C)C. The molecule has 1 rings (SSSR count). The van der Waals surface area contributed by atoms with Gasteiger partial charge in [-0.05, 0) is 24.3 Å². The first-order chi connectivity index (χ1) is 9.49. The molecule has 0 aliphatic heterocycles. The molecule has 1 unspecified atom stereocenters. The molecule has 0 radical (unpaired) electrons. The standard InChI is InChI=1S/C15H30N4O/c1-6-8-19-14(17-12-18-19)10-13(15(2,3)4)11-16-7-9-20-5/h12-13,16H,6-11H2,1-5H3. The van der Waals surface area contributed by atoms with Crippen LogP contribution in [0.2, 0.25) is 0 Å². The third kappa shape index (κ3) is 5.59. The van der Waals surface area contributed by atoms with Crippen LogP contribution in [0.3, 0.4) is 0 Å². The first-order valence-corrected chi connectivity index (χ1v) is 7.55. The van der Waals surface area contributed by atoms with Gasteiger partial charge in [0.15, 0.2) is 0 Å². The van der Waals surface area contributed by atoms with E-state index in [1.54, 1.807) is 13.4 Å². The van der Waals surface area contributed by atoms with Crippen LogP contribution in [-0.2, 0) is 17.7 Å². The van der Waals surface area contributed by atoms with Crippen LogP contribution in [0, 0.1) is 11.3 Å². The summed E-state index contributed by atoms with van der Waals surface area (Å²) in [6.45, 7) is 12.6. The van der Waals surface area contributed by atoms with Gasteiger partial charge in [-0.3, -0.25) is 4.68 Å². The van der Waals surface area contributed by atoms with Gasteiger partial charge in [-0.15, -0.1) is 0 Å². The summed E-state index contributed by atoms with van der Waals surface area (Å²) in [5.74, 6) is 1.62. The summed E-state index contributed by atoms with van der Waals surface area (Å²) in [5.41, 5.74) is 0.239. The van der Waals surface area contributed by atoms with Crippen molar-refractivity contribution in [3.05, 3.63) is 12.2 Å². The first kappa shape index (κ1) is 17.1.